The molecular weight excluding hydrogens is 256 g/mol. The first kappa shape index (κ1) is 15.3. The molecule has 0 aliphatic carbocycles. The zero-order chi connectivity index (χ0) is 14.7. The lowest BCUT2D eigenvalue weighted by atomic mass is 9.86. The minimum absolute atomic E-state index is 0.0147. The van der Waals surface area contributed by atoms with E-state index in [0.717, 1.165) is 32.2 Å². The summed E-state index contributed by atoms with van der Waals surface area (Å²) >= 11 is 0. The van der Waals surface area contributed by atoms with E-state index in [0.29, 0.717) is 18.9 Å². The standard InChI is InChI=1S/C15H26N2O3/c1-3-11-6-8-17(12(9-11)15(19)20)14(18)13-10(2)5-4-7-16-13/h10-13,16H,3-9H2,1-2H3,(H,19,20). The first-order valence-corrected chi connectivity index (χ1v) is 7.81. The number of carboxylic acids is 1. The molecule has 2 saturated heterocycles. The van der Waals surface area contributed by atoms with Gasteiger partial charge in [-0.2, -0.15) is 0 Å². The number of hydrogen-bond acceptors (Lipinski definition) is 3. The van der Waals surface area contributed by atoms with Crippen LogP contribution >= 0.6 is 0 Å². The van der Waals surface area contributed by atoms with Gasteiger partial charge in [0, 0.05) is 6.54 Å². The number of piperidine rings is 2. The van der Waals surface area contributed by atoms with Crippen molar-refractivity contribution in [2.24, 2.45) is 11.8 Å². The maximum atomic E-state index is 12.7. The molecule has 5 nitrogen and oxygen atoms in total. The maximum Gasteiger partial charge on any atom is 0.326 e. The molecule has 2 aliphatic rings. The van der Waals surface area contributed by atoms with Crippen molar-refractivity contribution in [1.29, 1.82) is 0 Å². The monoisotopic (exact) mass is 282 g/mol. The Balaban J connectivity index is 2.08. The number of amides is 1. The molecule has 2 rings (SSSR count). The summed E-state index contributed by atoms with van der Waals surface area (Å²) in [6, 6.07) is -0.846. The van der Waals surface area contributed by atoms with Crippen LogP contribution in [0.5, 0.6) is 0 Å². The van der Waals surface area contributed by atoms with Crippen LogP contribution in [-0.4, -0.2) is 47.1 Å². The van der Waals surface area contributed by atoms with Crippen LogP contribution in [0.3, 0.4) is 0 Å². The van der Waals surface area contributed by atoms with Crippen molar-refractivity contribution in [2.75, 3.05) is 13.1 Å². The van der Waals surface area contributed by atoms with E-state index >= 15 is 0 Å². The zero-order valence-corrected chi connectivity index (χ0v) is 12.5. The second kappa shape index (κ2) is 6.57. The van der Waals surface area contributed by atoms with Gasteiger partial charge in [-0.1, -0.05) is 20.3 Å². The van der Waals surface area contributed by atoms with Gasteiger partial charge in [-0.3, -0.25) is 4.79 Å². The summed E-state index contributed by atoms with van der Waals surface area (Å²) in [5.74, 6) is -0.161. The first-order valence-electron chi connectivity index (χ1n) is 7.81. The van der Waals surface area contributed by atoms with Crippen molar-refractivity contribution in [3.8, 4) is 0 Å². The van der Waals surface area contributed by atoms with Gasteiger partial charge in [0.05, 0.1) is 6.04 Å². The topological polar surface area (TPSA) is 69.6 Å². The number of carbonyl (C=O) groups excluding carboxylic acids is 1. The maximum absolute atomic E-state index is 12.7. The van der Waals surface area contributed by atoms with Gasteiger partial charge in [-0.25, -0.2) is 4.79 Å². The third-order valence-corrected chi connectivity index (χ3v) is 4.89. The lowest BCUT2D eigenvalue weighted by Gasteiger charge is -2.40. The predicted octanol–water partition coefficient (Wildman–Crippen LogP) is 1.48. The Kier molecular flexibility index (Phi) is 5.02. The average Bonchev–Trinajstić information content (AvgIpc) is 2.46. The van der Waals surface area contributed by atoms with E-state index in [2.05, 4.69) is 19.2 Å². The summed E-state index contributed by atoms with van der Waals surface area (Å²) in [5, 5.41) is 12.7. The van der Waals surface area contributed by atoms with E-state index in [1.54, 1.807) is 4.90 Å². The number of hydrogen-bond donors (Lipinski definition) is 2. The molecular formula is C15H26N2O3. The largest absolute Gasteiger partial charge is 0.480 e. The highest BCUT2D eigenvalue weighted by Crippen LogP contribution is 2.28. The molecule has 2 aliphatic heterocycles. The van der Waals surface area contributed by atoms with E-state index in [1.807, 2.05) is 0 Å². The Morgan fingerprint density at radius 2 is 2.10 bits per heavy atom. The highest BCUT2D eigenvalue weighted by Gasteiger charge is 2.39. The molecule has 0 saturated carbocycles. The third kappa shape index (κ3) is 3.14. The molecule has 1 amide bonds. The fourth-order valence-corrected chi connectivity index (χ4v) is 3.47. The summed E-state index contributed by atoms with van der Waals surface area (Å²) in [5.41, 5.74) is 0. The van der Waals surface area contributed by atoms with Crippen molar-refractivity contribution < 1.29 is 14.7 Å². The molecule has 0 spiro atoms. The van der Waals surface area contributed by atoms with Crippen LogP contribution in [0.2, 0.25) is 0 Å². The predicted molar refractivity (Wildman–Crippen MR) is 76.3 cm³/mol. The van der Waals surface area contributed by atoms with Crippen molar-refractivity contribution in [1.82, 2.24) is 10.2 Å². The molecule has 0 radical (unpaired) electrons. The smallest absolute Gasteiger partial charge is 0.326 e. The molecule has 0 aromatic carbocycles. The highest BCUT2D eigenvalue weighted by molar-refractivity contribution is 5.87. The highest BCUT2D eigenvalue weighted by atomic mass is 16.4. The molecule has 2 N–H and O–H groups in total. The molecule has 4 atom stereocenters. The third-order valence-electron chi connectivity index (χ3n) is 4.89. The van der Waals surface area contributed by atoms with E-state index in [1.165, 1.54) is 0 Å². The molecule has 2 heterocycles. The van der Waals surface area contributed by atoms with Crippen molar-refractivity contribution in [3.05, 3.63) is 0 Å². The van der Waals surface area contributed by atoms with Crippen molar-refractivity contribution in [3.63, 3.8) is 0 Å². The Hall–Kier alpha value is -1.10. The van der Waals surface area contributed by atoms with E-state index < -0.39 is 12.0 Å². The van der Waals surface area contributed by atoms with Crippen LogP contribution in [0.4, 0.5) is 0 Å². The Morgan fingerprint density at radius 3 is 2.70 bits per heavy atom. The second-order valence-electron chi connectivity index (χ2n) is 6.24. The molecule has 20 heavy (non-hydrogen) atoms. The second-order valence-corrected chi connectivity index (χ2v) is 6.24. The Labute approximate surface area is 120 Å². The summed E-state index contributed by atoms with van der Waals surface area (Å²) in [6.45, 7) is 5.60. The minimum Gasteiger partial charge on any atom is -0.480 e. The summed E-state index contributed by atoms with van der Waals surface area (Å²) in [6.07, 6.45) is 4.63. The molecule has 5 heteroatoms. The van der Waals surface area contributed by atoms with Gasteiger partial charge in [0.2, 0.25) is 5.91 Å². The molecule has 2 fully saturated rings. The van der Waals surface area contributed by atoms with Gasteiger partial charge < -0.3 is 15.3 Å². The van der Waals surface area contributed by atoms with E-state index in [-0.39, 0.29) is 17.9 Å². The quantitative estimate of drug-likeness (QED) is 0.822. The zero-order valence-electron chi connectivity index (χ0n) is 12.5. The van der Waals surface area contributed by atoms with E-state index in [9.17, 15) is 14.7 Å². The van der Waals surface area contributed by atoms with Crippen LogP contribution in [0, 0.1) is 11.8 Å². The lowest BCUT2D eigenvalue weighted by Crippen LogP contribution is -2.58. The molecule has 4 unspecified atom stereocenters. The fourth-order valence-electron chi connectivity index (χ4n) is 3.47. The SMILES string of the molecule is CCC1CCN(C(=O)C2NCCCC2C)C(C(=O)O)C1. The summed E-state index contributed by atoms with van der Waals surface area (Å²) in [4.78, 5) is 25.8. The van der Waals surface area contributed by atoms with Gasteiger partial charge in [-0.15, -0.1) is 0 Å². The number of carbonyl (C=O) groups is 2. The molecule has 0 aromatic rings. The van der Waals surface area contributed by atoms with Crippen molar-refractivity contribution in [2.45, 2.75) is 58.0 Å². The van der Waals surface area contributed by atoms with Crippen LogP contribution in [0.1, 0.15) is 46.0 Å². The van der Waals surface area contributed by atoms with Crippen LogP contribution < -0.4 is 5.32 Å². The summed E-state index contributed by atoms with van der Waals surface area (Å²) in [7, 11) is 0. The van der Waals surface area contributed by atoms with Crippen molar-refractivity contribution >= 4 is 11.9 Å². The van der Waals surface area contributed by atoms with Gasteiger partial charge in [0.1, 0.15) is 6.04 Å². The number of likely N-dealkylation sites (tertiary alicyclic amines) is 1. The van der Waals surface area contributed by atoms with Crippen LogP contribution in [-0.2, 0) is 9.59 Å². The van der Waals surface area contributed by atoms with Gasteiger partial charge in [-0.05, 0) is 44.1 Å². The number of nitrogens with zero attached hydrogens (tertiary/aromatic N) is 1. The normalized spacial score (nSPS) is 34.8. The summed E-state index contributed by atoms with van der Waals surface area (Å²) < 4.78 is 0. The number of aliphatic carboxylic acids is 1. The lowest BCUT2D eigenvalue weighted by molar-refractivity contribution is -0.155. The van der Waals surface area contributed by atoms with Crippen LogP contribution in [0.15, 0.2) is 0 Å². The minimum atomic E-state index is -0.861. The number of carboxylic acid groups (broad SMARTS) is 1. The number of rotatable bonds is 3. The molecule has 0 bridgehead atoms. The van der Waals surface area contributed by atoms with Gasteiger partial charge >= 0.3 is 5.97 Å². The van der Waals surface area contributed by atoms with Crippen LogP contribution in [0.25, 0.3) is 0 Å². The Bertz CT molecular complexity index is 372. The number of nitrogens with one attached hydrogen (secondary N) is 1. The fraction of sp³-hybridized carbons (Fsp3) is 0.867. The van der Waals surface area contributed by atoms with Gasteiger partial charge in [0.25, 0.3) is 0 Å². The molecule has 0 aromatic heterocycles. The van der Waals surface area contributed by atoms with E-state index in [4.69, 9.17) is 0 Å². The Morgan fingerprint density at radius 1 is 1.35 bits per heavy atom. The van der Waals surface area contributed by atoms with Gasteiger partial charge in [0.15, 0.2) is 0 Å². The first-order chi connectivity index (χ1) is 9.54. The average molecular weight is 282 g/mol. The molecule has 114 valence electrons.